The number of carboxylic acid groups (broad SMARTS) is 1. The van der Waals surface area contributed by atoms with Crippen LogP contribution >= 0.6 is 0 Å². The Morgan fingerprint density at radius 1 is 1.53 bits per heavy atom. The van der Waals surface area contributed by atoms with Gasteiger partial charge in [0.1, 0.15) is 0 Å². The lowest BCUT2D eigenvalue weighted by Crippen LogP contribution is -2.11. The minimum Gasteiger partial charge on any atom is -0.481 e. The van der Waals surface area contributed by atoms with Gasteiger partial charge in [-0.2, -0.15) is 0 Å². The van der Waals surface area contributed by atoms with Gasteiger partial charge in [-0.1, -0.05) is 6.07 Å². The van der Waals surface area contributed by atoms with Gasteiger partial charge in [0.05, 0.1) is 17.5 Å². The molecule has 0 unspecified atom stereocenters. The molecule has 5 heteroatoms. The van der Waals surface area contributed by atoms with Crippen molar-refractivity contribution in [3.8, 4) is 0 Å². The summed E-state index contributed by atoms with van der Waals surface area (Å²) < 4.78 is 1.97. The second-order valence-electron chi connectivity index (χ2n) is 5.14. The average molecular weight is 259 g/mol. The van der Waals surface area contributed by atoms with Crippen LogP contribution in [0.1, 0.15) is 24.8 Å². The predicted octanol–water partition coefficient (Wildman–Crippen LogP) is 2.39. The van der Waals surface area contributed by atoms with Crippen molar-refractivity contribution in [1.82, 2.24) is 9.55 Å². The molecule has 0 aliphatic heterocycles. The first-order valence-corrected chi connectivity index (χ1v) is 6.59. The topological polar surface area (TPSA) is 67.2 Å². The number of aromatic nitrogens is 2. The van der Waals surface area contributed by atoms with E-state index in [1.165, 1.54) is 12.8 Å². The quantitative estimate of drug-likeness (QED) is 0.865. The Labute approximate surface area is 111 Å². The summed E-state index contributed by atoms with van der Waals surface area (Å²) >= 11 is 0. The molecule has 1 fully saturated rings. The minimum atomic E-state index is -0.786. The van der Waals surface area contributed by atoms with E-state index < -0.39 is 5.97 Å². The number of anilines is 1. The molecule has 1 heterocycles. The third-order valence-electron chi connectivity index (χ3n) is 3.36. The monoisotopic (exact) mass is 259 g/mol. The second kappa shape index (κ2) is 4.57. The highest BCUT2D eigenvalue weighted by atomic mass is 16.4. The van der Waals surface area contributed by atoms with E-state index in [1.807, 2.05) is 29.7 Å². The number of hydrogen-bond acceptors (Lipinski definition) is 3. The number of imidazole rings is 1. The number of fused-ring (bicyclic) bond motifs is 1. The number of nitrogens with one attached hydrogen (secondary N) is 1. The molecule has 0 radical (unpaired) electrons. The van der Waals surface area contributed by atoms with Gasteiger partial charge in [-0.3, -0.25) is 4.79 Å². The van der Waals surface area contributed by atoms with Crippen molar-refractivity contribution in [1.29, 1.82) is 0 Å². The normalized spacial score (nSPS) is 14.8. The van der Waals surface area contributed by atoms with Gasteiger partial charge < -0.3 is 15.0 Å². The van der Waals surface area contributed by atoms with Crippen LogP contribution in [0.3, 0.4) is 0 Å². The van der Waals surface area contributed by atoms with Gasteiger partial charge >= 0.3 is 5.97 Å². The molecular weight excluding hydrogens is 242 g/mol. The third-order valence-corrected chi connectivity index (χ3v) is 3.36. The minimum absolute atomic E-state index is 0.110. The zero-order valence-corrected chi connectivity index (χ0v) is 10.9. The molecule has 0 atom stereocenters. The number of aliphatic carboxylic acids is 1. The van der Waals surface area contributed by atoms with Crippen LogP contribution < -0.4 is 5.32 Å². The molecule has 3 rings (SSSR count). The molecule has 5 nitrogen and oxygen atoms in total. The predicted molar refractivity (Wildman–Crippen MR) is 73.4 cm³/mol. The van der Waals surface area contributed by atoms with E-state index in [4.69, 9.17) is 5.11 Å². The molecule has 0 saturated heterocycles. The summed E-state index contributed by atoms with van der Waals surface area (Å²) in [6, 6.07) is 6.58. The van der Waals surface area contributed by atoms with Crippen LogP contribution in [0.4, 0.5) is 5.95 Å². The van der Waals surface area contributed by atoms with Crippen molar-refractivity contribution in [2.24, 2.45) is 0 Å². The Morgan fingerprint density at radius 2 is 2.32 bits per heavy atom. The van der Waals surface area contributed by atoms with E-state index in [1.54, 1.807) is 0 Å². The van der Waals surface area contributed by atoms with Crippen LogP contribution in [0.25, 0.3) is 11.0 Å². The largest absolute Gasteiger partial charge is 0.481 e. The molecule has 1 saturated carbocycles. The van der Waals surface area contributed by atoms with Crippen LogP contribution in [0.2, 0.25) is 0 Å². The summed E-state index contributed by atoms with van der Waals surface area (Å²) in [5.74, 6) is 0.00989. The number of nitrogens with zero attached hydrogens (tertiary/aromatic N) is 2. The summed E-state index contributed by atoms with van der Waals surface area (Å²) in [6.07, 6.45) is 2.45. The van der Waals surface area contributed by atoms with Gasteiger partial charge in [-0.15, -0.1) is 0 Å². The number of carbonyl (C=O) groups is 1. The summed E-state index contributed by atoms with van der Waals surface area (Å²) in [5, 5.41) is 12.2. The number of hydrogen-bond donors (Lipinski definition) is 2. The maximum atomic E-state index is 10.8. The lowest BCUT2D eigenvalue weighted by atomic mass is 10.2. The van der Waals surface area contributed by atoms with Crippen molar-refractivity contribution in [2.75, 3.05) is 5.32 Å². The van der Waals surface area contributed by atoms with Gasteiger partial charge in [-0.25, -0.2) is 4.98 Å². The maximum absolute atomic E-state index is 10.8. The third kappa shape index (κ3) is 2.54. The molecule has 0 amide bonds. The van der Waals surface area contributed by atoms with Crippen molar-refractivity contribution < 1.29 is 9.90 Å². The van der Waals surface area contributed by atoms with Crippen molar-refractivity contribution >= 4 is 23.0 Å². The first kappa shape index (κ1) is 12.0. The standard InChI is InChI=1S/C14H17N3O2/c1-9-2-5-12-11(8-9)16-14(15-10-3-4-10)17(12)7-6-13(18)19/h2,5,8,10H,3-4,6-7H2,1H3,(H,15,16)(H,18,19). The highest BCUT2D eigenvalue weighted by molar-refractivity contribution is 5.80. The fourth-order valence-electron chi connectivity index (χ4n) is 2.19. The molecule has 100 valence electrons. The smallest absolute Gasteiger partial charge is 0.305 e. The first-order chi connectivity index (χ1) is 9.13. The van der Waals surface area contributed by atoms with E-state index in [2.05, 4.69) is 10.3 Å². The fourth-order valence-corrected chi connectivity index (χ4v) is 2.19. The van der Waals surface area contributed by atoms with E-state index in [0.29, 0.717) is 12.6 Å². The van der Waals surface area contributed by atoms with E-state index in [0.717, 1.165) is 22.5 Å². The fraction of sp³-hybridized carbons (Fsp3) is 0.429. The van der Waals surface area contributed by atoms with E-state index in [-0.39, 0.29) is 6.42 Å². The highest BCUT2D eigenvalue weighted by Gasteiger charge is 2.23. The van der Waals surface area contributed by atoms with Crippen LogP contribution in [0.5, 0.6) is 0 Å². The molecule has 1 aromatic carbocycles. The highest BCUT2D eigenvalue weighted by Crippen LogP contribution is 2.27. The SMILES string of the molecule is Cc1ccc2c(c1)nc(NC1CC1)n2CCC(=O)O. The lowest BCUT2D eigenvalue weighted by molar-refractivity contribution is -0.137. The molecule has 19 heavy (non-hydrogen) atoms. The molecule has 2 aromatic rings. The lowest BCUT2D eigenvalue weighted by Gasteiger charge is -2.08. The number of carboxylic acids is 1. The van der Waals surface area contributed by atoms with Crippen LogP contribution in [0, 0.1) is 6.92 Å². The molecule has 1 aliphatic rings. The molecule has 0 spiro atoms. The number of rotatable bonds is 5. The van der Waals surface area contributed by atoms with Gasteiger partial charge in [0.2, 0.25) is 5.95 Å². The van der Waals surface area contributed by atoms with Gasteiger partial charge in [0.25, 0.3) is 0 Å². The molecule has 1 aliphatic carbocycles. The molecular formula is C14H17N3O2. The zero-order chi connectivity index (χ0) is 13.4. The van der Waals surface area contributed by atoms with Gasteiger partial charge in [-0.05, 0) is 37.5 Å². The Morgan fingerprint density at radius 3 is 3.00 bits per heavy atom. The van der Waals surface area contributed by atoms with Gasteiger partial charge in [0, 0.05) is 12.6 Å². The van der Waals surface area contributed by atoms with Crippen LogP contribution in [-0.2, 0) is 11.3 Å². The second-order valence-corrected chi connectivity index (χ2v) is 5.14. The number of aryl methyl sites for hydroxylation is 2. The molecule has 2 N–H and O–H groups in total. The Bertz CT molecular complexity index is 629. The van der Waals surface area contributed by atoms with Crippen molar-refractivity contribution in [3.63, 3.8) is 0 Å². The molecule has 1 aromatic heterocycles. The summed E-state index contributed by atoms with van der Waals surface area (Å²) in [7, 11) is 0. The maximum Gasteiger partial charge on any atom is 0.305 e. The van der Waals surface area contributed by atoms with Crippen LogP contribution in [-0.4, -0.2) is 26.7 Å². The first-order valence-electron chi connectivity index (χ1n) is 6.59. The van der Waals surface area contributed by atoms with Crippen molar-refractivity contribution in [3.05, 3.63) is 23.8 Å². The Hall–Kier alpha value is -2.04. The molecule has 0 bridgehead atoms. The van der Waals surface area contributed by atoms with E-state index in [9.17, 15) is 4.79 Å². The summed E-state index contributed by atoms with van der Waals surface area (Å²) in [5.41, 5.74) is 3.08. The Balaban J connectivity index is 1.99. The number of benzene rings is 1. The summed E-state index contributed by atoms with van der Waals surface area (Å²) in [4.78, 5) is 15.4. The average Bonchev–Trinajstić information content (AvgIpc) is 3.08. The zero-order valence-electron chi connectivity index (χ0n) is 10.9. The van der Waals surface area contributed by atoms with Crippen molar-refractivity contribution in [2.45, 2.75) is 38.8 Å². The van der Waals surface area contributed by atoms with Crippen LogP contribution in [0.15, 0.2) is 18.2 Å². The Kier molecular flexibility index (Phi) is 2.89. The van der Waals surface area contributed by atoms with E-state index >= 15 is 0 Å². The summed E-state index contributed by atoms with van der Waals surface area (Å²) in [6.45, 7) is 2.48. The van der Waals surface area contributed by atoms with Gasteiger partial charge in [0.15, 0.2) is 0 Å².